The number of piperidine rings is 1. The monoisotopic (exact) mass is 346 g/mol. The quantitative estimate of drug-likeness (QED) is 0.879. The van der Waals surface area contributed by atoms with Crippen LogP contribution in [0, 0.1) is 5.82 Å². The molecule has 0 aliphatic carbocycles. The van der Waals surface area contributed by atoms with Gasteiger partial charge < -0.3 is 15.3 Å². The standard InChI is InChI=1S/C17H19FN4O3/c1-21-15(14(9-19-21)17(24)25)16(23)20-12-5-3-7-22(10-12)13-6-2-4-11(18)8-13/h2,4,6,8-9,12H,3,5,7,10H2,1H3,(H,20,23)(H,24,25). The van der Waals surface area contributed by atoms with E-state index in [1.54, 1.807) is 6.07 Å². The van der Waals surface area contributed by atoms with Gasteiger partial charge in [-0.05, 0) is 31.0 Å². The summed E-state index contributed by atoms with van der Waals surface area (Å²) in [6.07, 6.45) is 2.79. The van der Waals surface area contributed by atoms with Gasteiger partial charge in [0.2, 0.25) is 0 Å². The van der Waals surface area contributed by atoms with Gasteiger partial charge in [0.05, 0.1) is 6.20 Å². The average Bonchev–Trinajstić information content (AvgIpc) is 2.97. The van der Waals surface area contributed by atoms with Crippen molar-refractivity contribution < 1.29 is 19.1 Å². The number of aromatic nitrogens is 2. The van der Waals surface area contributed by atoms with Crippen LogP contribution in [-0.2, 0) is 7.05 Å². The summed E-state index contributed by atoms with van der Waals surface area (Å²) in [7, 11) is 1.53. The number of benzene rings is 1. The molecule has 3 rings (SSSR count). The summed E-state index contributed by atoms with van der Waals surface area (Å²) in [5.41, 5.74) is 0.666. The number of rotatable bonds is 4. The molecule has 1 aliphatic heterocycles. The summed E-state index contributed by atoms with van der Waals surface area (Å²) in [6.45, 7) is 1.32. The largest absolute Gasteiger partial charge is 0.478 e. The molecule has 1 saturated heterocycles. The summed E-state index contributed by atoms with van der Waals surface area (Å²) < 4.78 is 14.7. The maximum absolute atomic E-state index is 13.4. The Morgan fingerprint density at radius 2 is 2.20 bits per heavy atom. The van der Waals surface area contributed by atoms with Crippen LogP contribution in [0.1, 0.15) is 33.7 Å². The van der Waals surface area contributed by atoms with E-state index < -0.39 is 11.9 Å². The lowest BCUT2D eigenvalue weighted by Crippen LogP contribution is -2.48. The van der Waals surface area contributed by atoms with E-state index in [4.69, 9.17) is 0 Å². The topological polar surface area (TPSA) is 87.5 Å². The first-order chi connectivity index (χ1) is 12.0. The maximum Gasteiger partial charge on any atom is 0.339 e. The predicted molar refractivity (Wildman–Crippen MR) is 89.3 cm³/mol. The van der Waals surface area contributed by atoms with Crippen LogP contribution < -0.4 is 10.2 Å². The molecule has 0 spiro atoms. The van der Waals surface area contributed by atoms with Gasteiger partial charge >= 0.3 is 5.97 Å². The lowest BCUT2D eigenvalue weighted by atomic mass is 10.0. The van der Waals surface area contributed by atoms with E-state index in [1.807, 2.05) is 11.0 Å². The van der Waals surface area contributed by atoms with Crippen molar-refractivity contribution in [3.05, 3.63) is 47.5 Å². The van der Waals surface area contributed by atoms with Crippen molar-refractivity contribution in [1.82, 2.24) is 15.1 Å². The molecule has 1 amide bonds. The highest BCUT2D eigenvalue weighted by Gasteiger charge is 2.26. The Morgan fingerprint density at radius 3 is 2.92 bits per heavy atom. The molecule has 8 heteroatoms. The van der Waals surface area contributed by atoms with Crippen LogP contribution in [0.15, 0.2) is 30.5 Å². The molecule has 0 bridgehead atoms. The third-order valence-corrected chi connectivity index (χ3v) is 4.31. The first-order valence-corrected chi connectivity index (χ1v) is 8.02. The van der Waals surface area contributed by atoms with E-state index >= 15 is 0 Å². The SMILES string of the molecule is Cn1ncc(C(=O)O)c1C(=O)NC1CCCN(c2cccc(F)c2)C1. The lowest BCUT2D eigenvalue weighted by molar-refractivity contribution is 0.0689. The molecule has 0 saturated carbocycles. The van der Waals surface area contributed by atoms with Gasteiger partial charge in [0.15, 0.2) is 0 Å². The number of nitrogens with zero attached hydrogens (tertiary/aromatic N) is 3. The first-order valence-electron chi connectivity index (χ1n) is 8.02. The van der Waals surface area contributed by atoms with Gasteiger partial charge in [-0.1, -0.05) is 6.07 Å². The van der Waals surface area contributed by atoms with Crippen molar-refractivity contribution in [2.75, 3.05) is 18.0 Å². The Balaban J connectivity index is 1.72. The molecule has 2 heterocycles. The van der Waals surface area contributed by atoms with E-state index in [2.05, 4.69) is 10.4 Å². The van der Waals surface area contributed by atoms with Gasteiger partial charge in [-0.3, -0.25) is 9.48 Å². The molecule has 1 atom stereocenters. The van der Waals surface area contributed by atoms with Crippen LogP contribution in [0.3, 0.4) is 0 Å². The third-order valence-electron chi connectivity index (χ3n) is 4.31. The number of carbonyl (C=O) groups excluding carboxylic acids is 1. The normalized spacial score (nSPS) is 17.4. The Labute approximate surface area is 144 Å². The zero-order valence-corrected chi connectivity index (χ0v) is 13.8. The molecule has 132 valence electrons. The highest BCUT2D eigenvalue weighted by Crippen LogP contribution is 2.21. The number of aryl methyl sites for hydroxylation is 1. The van der Waals surface area contributed by atoms with E-state index in [0.29, 0.717) is 6.54 Å². The summed E-state index contributed by atoms with van der Waals surface area (Å²) in [4.78, 5) is 25.7. The zero-order chi connectivity index (χ0) is 18.0. The molecule has 2 aromatic rings. The summed E-state index contributed by atoms with van der Waals surface area (Å²) in [6, 6.07) is 6.19. The number of nitrogens with one attached hydrogen (secondary N) is 1. The number of anilines is 1. The van der Waals surface area contributed by atoms with E-state index in [-0.39, 0.29) is 23.1 Å². The van der Waals surface area contributed by atoms with Crippen LogP contribution in [0.25, 0.3) is 0 Å². The first kappa shape index (κ1) is 16.9. The second kappa shape index (κ2) is 6.92. The van der Waals surface area contributed by atoms with Crippen molar-refractivity contribution in [1.29, 1.82) is 0 Å². The van der Waals surface area contributed by atoms with Gasteiger partial charge in [0, 0.05) is 31.9 Å². The summed E-state index contributed by atoms with van der Waals surface area (Å²) >= 11 is 0. The number of hydrogen-bond acceptors (Lipinski definition) is 4. The van der Waals surface area contributed by atoms with Crippen molar-refractivity contribution in [3.8, 4) is 0 Å². The molecule has 1 aliphatic rings. The van der Waals surface area contributed by atoms with Crippen molar-refractivity contribution in [2.45, 2.75) is 18.9 Å². The van der Waals surface area contributed by atoms with Crippen molar-refractivity contribution in [3.63, 3.8) is 0 Å². The Bertz CT molecular complexity index is 805. The summed E-state index contributed by atoms with van der Waals surface area (Å²) in [5.74, 6) is -1.96. The van der Waals surface area contributed by atoms with Crippen LogP contribution in [0.5, 0.6) is 0 Å². The van der Waals surface area contributed by atoms with E-state index in [9.17, 15) is 19.1 Å². The van der Waals surface area contributed by atoms with Crippen molar-refractivity contribution >= 4 is 17.6 Å². The molecule has 1 aromatic heterocycles. The van der Waals surface area contributed by atoms with Gasteiger partial charge in [-0.2, -0.15) is 5.10 Å². The molecular weight excluding hydrogens is 327 g/mol. The van der Waals surface area contributed by atoms with Gasteiger partial charge in [-0.15, -0.1) is 0 Å². The fraction of sp³-hybridized carbons (Fsp3) is 0.353. The summed E-state index contributed by atoms with van der Waals surface area (Å²) in [5, 5.41) is 15.9. The Kier molecular flexibility index (Phi) is 4.69. The number of amides is 1. The number of carboxylic acids is 1. The fourth-order valence-corrected chi connectivity index (χ4v) is 3.12. The maximum atomic E-state index is 13.4. The van der Waals surface area contributed by atoms with E-state index in [0.717, 1.165) is 31.3 Å². The van der Waals surface area contributed by atoms with Crippen LogP contribution in [-0.4, -0.2) is 45.9 Å². The molecule has 1 unspecified atom stereocenters. The molecular formula is C17H19FN4O3. The van der Waals surface area contributed by atoms with Gasteiger partial charge in [0.25, 0.3) is 5.91 Å². The van der Waals surface area contributed by atoms with Gasteiger partial charge in [0.1, 0.15) is 17.1 Å². The molecule has 7 nitrogen and oxygen atoms in total. The molecule has 0 radical (unpaired) electrons. The molecule has 2 N–H and O–H groups in total. The Hall–Kier alpha value is -2.90. The van der Waals surface area contributed by atoms with Crippen molar-refractivity contribution in [2.24, 2.45) is 7.05 Å². The lowest BCUT2D eigenvalue weighted by Gasteiger charge is -2.34. The fourth-order valence-electron chi connectivity index (χ4n) is 3.12. The zero-order valence-electron chi connectivity index (χ0n) is 13.8. The van der Waals surface area contributed by atoms with E-state index in [1.165, 1.54) is 23.9 Å². The second-order valence-electron chi connectivity index (χ2n) is 6.07. The second-order valence-corrected chi connectivity index (χ2v) is 6.07. The van der Waals surface area contributed by atoms with Crippen LogP contribution in [0.2, 0.25) is 0 Å². The molecule has 1 fully saturated rings. The third kappa shape index (κ3) is 3.62. The minimum atomic E-state index is -1.19. The number of hydrogen-bond donors (Lipinski definition) is 2. The average molecular weight is 346 g/mol. The van der Waals surface area contributed by atoms with Crippen LogP contribution in [0.4, 0.5) is 10.1 Å². The highest BCUT2D eigenvalue weighted by molar-refractivity contribution is 6.03. The number of halogens is 1. The number of aromatic carboxylic acids is 1. The Morgan fingerprint density at radius 1 is 1.40 bits per heavy atom. The molecule has 1 aromatic carbocycles. The predicted octanol–water partition coefficient (Wildman–Crippen LogP) is 1.66. The van der Waals surface area contributed by atoms with Crippen LogP contribution >= 0.6 is 0 Å². The minimum absolute atomic E-state index is 0.0235. The minimum Gasteiger partial charge on any atom is -0.478 e. The number of carboxylic acid groups (broad SMARTS) is 1. The highest BCUT2D eigenvalue weighted by atomic mass is 19.1. The molecule has 25 heavy (non-hydrogen) atoms. The van der Waals surface area contributed by atoms with Gasteiger partial charge in [-0.25, -0.2) is 9.18 Å². The smallest absolute Gasteiger partial charge is 0.339 e. The number of carbonyl (C=O) groups is 2.